The minimum absolute atomic E-state index is 0.319. The average Bonchev–Trinajstić information content (AvgIpc) is 2.63. The number of unbranched alkanes of at least 4 members (excludes halogenated alkanes) is 13. The van der Waals surface area contributed by atoms with E-state index in [1.807, 2.05) is 18.2 Å². The summed E-state index contributed by atoms with van der Waals surface area (Å²) in [7, 11) is 1.38. The predicted octanol–water partition coefficient (Wildman–Crippen LogP) is 7.31. The van der Waals surface area contributed by atoms with Crippen LogP contribution in [0.2, 0.25) is 0 Å². The second kappa shape index (κ2) is 20.7. The van der Waals surface area contributed by atoms with Crippen LogP contribution in [0, 0.1) is 0 Å². The van der Waals surface area contributed by atoms with Crippen molar-refractivity contribution in [2.24, 2.45) is 0 Å². The van der Waals surface area contributed by atoms with E-state index >= 15 is 0 Å². The van der Waals surface area contributed by atoms with E-state index in [-0.39, 0.29) is 5.97 Å². The van der Waals surface area contributed by atoms with Crippen molar-refractivity contribution < 1.29 is 9.53 Å². The zero-order valence-corrected chi connectivity index (χ0v) is 16.7. The van der Waals surface area contributed by atoms with Gasteiger partial charge in [0.25, 0.3) is 0 Å². The Bertz CT molecular complexity index is 366. The molecule has 0 radical (unpaired) electrons. The maximum atomic E-state index is 10.8. The molecular formula is C23H40O2. The first-order valence-corrected chi connectivity index (χ1v) is 10.4. The van der Waals surface area contributed by atoms with Crippen LogP contribution in [0.25, 0.3) is 0 Å². The molecule has 0 aromatic carbocycles. The van der Waals surface area contributed by atoms with Gasteiger partial charge >= 0.3 is 5.97 Å². The fourth-order valence-electron chi connectivity index (χ4n) is 2.79. The van der Waals surface area contributed by atoms with E-state index in [0.717, 1.165) is 6.42 Å². The van der Waals surface area contributed by atoms with Gasteiger partial charge in [0, 0.05) is 6.08 Å². The van der Waals surface area contributed by atoms with Gasteiger partial charge in [-0.05, 0) is 12.8 Å². The van der Waals surface area contributed by atoms with Crippen molar-refractivity contribution in [2.45, 2.75) is 96.8 Å². The smallest absolute Gasteiger partial charge is 0.330 e. The number of hydrogen-bond acceptors (Lipinski definition) is 2. The topological polar surface area (TPSA) is 26.3 Å². The molecule has 144 valence electrons. The average molecular weight is 349 g/mol. The van der Waals surface area contributed by atoms with Crippen molar-refractivity contribution in [3.63, 3.8) is 0 Å². The molecule has 0 atom stereocenters. The first-order chi connectivity index (χ1) is 12.3. The molecule has 0 bridgehead atoms. The van der Waals surface area contributed by atoms with Crippen LogP contribution in [0.15, 0.2) is 36.5 Å². The summed E-state index contributed by atoms with van der Waals surface area (Å²) in [6.07, 6.45) is 30.5. The van der Waals surface area contributed by atoms with E-state index in [2.05, 4.69) is 17.7 Å². The Morgan fingerprint density at radius 2 is 1.16 bits per heavy atom. The molecule has 0 aliphatic rings. The summed E-state index contributed by atoms with van der Waals surface area (Å²) >= 11 is 0. The third-order valence-electron chi connectivity index (χ3n) is 4.38. The molecule has 0 aromatic rings. The van der Waals surface area contributed by atoms with E-state index < -0.39 is 0 Å². The third-order valence-corrected chi connectivity index (χ3v) is 4.38. The lowest BCUT2D eigenvalue weighted by molar-refractivity contribution is -0.134. The lowest BCUT2D eigenvalue weighted by Gasteiger charge is -2.02. The molecule has 25 heavy (non-hydrogen) atoms. The maximum absolute atomic E-state index is 10.8. The highest BCUT2D eigenvalue weighted by molar-refractivity contribution is 5.82. The number of carbonyl (C=O) groups is 1. The van der Waals surface area contributed by atoms with Crippen molar-refractivity contribution in [3.8, 4) is 0 Å². The Labute approximate surface area is 156 Å². The fraction of sp³-hybridized carbons (Fsp3) is 0.696. The second-order valence-electron chi connectivity index (χ2n) is 6.73. The van der Waals surface area contributed by atoms with E-state index in [1.165, 1.54) is 96.7 Å². The fourth-order valence-corrected chi connectivity index (χ4v) is 2.79. The molecule has 0 N–H and O–H groups in total. The van der Waals surface area contributed by atoms with Crippen molar-refractivity contribution in [3.05, 3.63) is 36.5 Å². The van der Waals surface area contributed by atoms with Crippen LogP contribution < -0.4 is 0 Å². The van der Waals surface area contributed by atoms with Crippen LogP contribution in [0.3, 0.4) is 0 Å². The summed E-state index contributed by atoms with van der Waals surface area (Å²) in [5.74, 6) is -0.319. The Hall–Kier alpha value is -1.31. The molecule has 0 aliphatic carbocycles. The molecule has 0 saturated heterocycles. The van der Waals surface area contributed by atoms with Gasteiger partial charge in [0.05, 0.1) is 7.11 Å². The molecule has 0 fully saturated rings. The minimum Gasteiger partial charge on any atom is -0.466 e. The van der Waals surface area contributed by atoms with Gasteiger partial charge in [-0.3, -0.25) is 0 Å². The van der Waals surface area contributed by atoms with E-state index in [0.29, 0.717) is 0 Å². The van der Waals surface area contributed by atoms with Gasteiger partial charge in [0.15, 0.2) is 0 Å². The van der Waals surface area contributed by atoms with Crippen molar-refractivity contribution in [2.75, 3.05) is 7.11 Å². The number of rotatable bonds is 17. The highest BCUT2D eigenvalue weighted by Crippen LogP contribution is 2.12. The van der Waals surface area contributed by atoms with Crippen molar-refractivity contribution >= 4 is 5.97 Å². The number of carbonyl (C=O) groups excluding carboxylic acids is 1. The summed E-state index contributed by atoms with van der Waals surface area (Å²) in [5.41, 5.74) is 0. The van der Waals surface area contributed by atoms with Gasteiger partial charge in [-0.15, -0.1) is 0 Å². The Morgan fingerprint density at radius 3 is 1.68 bits per heavy atom. The molecular weight excluding hydrogens is 308 g/mol. The Morgan fingerprint density at radius 1 is 0.680 bits per heavy atom. The first-order valence-electron chi connectivity index (χ1n) is 10.4. The monoisotopic (exact) mass is 348 g/mol. The summed E-state index contributed by atoms with van der Waals surface area (Å²) < 4.78 is 4.51. The number of hydrogen-bond donors (Lipinski definition) is 0. The van der Waals surface area contributed by atoms with Gasteiger partial charge < -0.3 is 4.74 Å². The molecule has 0 heterocycles. The molecule has 0 aromatic heterocycles. The largest absolute Gasteiger partial charge is 0.466 e. The van der Waals surface area contributed by atoms with Crippen molar-refractivity contribution in [1.82, 2.24) is 0 Å². The summed E-state index contributed by atoms with van der Waals surface area (Å²) in [4.78, 5) is 10.8. The Balaban J connectivity index is 3.23. The Kier molecular flexibility index (Phi) is 19.6. The summed E-state index contributed by atoms with van der Waals surface area (Å²) in [5, 5.41) is 0. The number of methoxy groups -OCH3 is 1. The highest BCUT2D eigenvalue weighted by Gasteiger charge is 1.93. The van der Waals surface area contributed by atoms with Gasteiger partial charge in [-0.25, -0.2) is 4.79 Å². The third kappa shape index (κ3) is 20.6. The van der Waals surface area contributed by atoms with Crippen LogP contribution >= 0.6 is 0 Å². The zero-order chi connectivity index (χ0) is 18.4. The van der Waals surface area contributed by atoms with Crippen LogP contribution in [-0.2, 0) is 9.53 Å². The van der Waals surface area contributed by atoms with Crippen LogP contribution in [0.1, 0.15) is 96.8 Å². The van der Waals surface area contributed by atoms with Gasteiger partial charge in [-0.2, -0.15) is 0 Å². The standard InChI is InChI=1S/C23H40O2/c1-3-4-5-6-7-8-9-10-11-12-13-14-15-16-17-18-19-20-21-22-23(24)25-2/h17-22H,3-16H2,1-2H3. The summed E-state index contributed by atoms with van der Waals surface area (Å²) in [6.45, 7) is 2.28. The molecule has 0 spiro atoms. The second-order valence-corrected chi connectivity index (χ2v) is 6.73. The van der Waals surface area contributed by atoms with Crippen molar-refractivity contribution in [1.29, 1.82) is 0 Å². The van der Waals surface area contributed by atoms with Crippen LogP contribution in [-0.4, -0.2) is 13.1 Å². The van der Waals surface area contributed by atoms with E-state index in [4.69, 9.17) is 0 Å². The minimum atomic E-state index is -0.319. The number of esters is 1. The molecule has 0 saturated carbocycles. The number of ether oxygens (including phenoxy) is 1. The quantitative estimate of drug-likeness (QED) is 0.119. The SMILES string of the molecule is CCCCCCCCCCCCCCCC=CC=CC=CC(=O)OC. The van der Waals surface area contributed by atoms with Crippen LogP contribution in [0.4, 0.5) is 0 Å². The molecule has 0 amide bonds. The molecule has 2 heteroatoms. The van der Waals surface area contributed by atoms with Gasteiger partial charge in [0.2, 0.25) is 0 Å². The first kappa shape index (κ1) is 23.7. The van der Waals surface area contributed by atoms with Gasteiger partial charge in [0.1, 0.15) is 0 Å². The van der Waals surface area contributed by atoms with E-state index in [9.17, 15) is 4.79 Å². The lowest BCUT2D eigenvalue weighted by Crippen LogP contribution is -1.92. The zero-order valence-electron chi connectivity index (χ0n) is 16.7. The van der Waals surface area contributed by atoms with Crippen LogP contribution in [0.5, 0.6) is 0 Å². The molecule has 2 nitrogen and oxygen atoms in total. The number of allylic oxidation sites excluding steroid dienone is 5. The highest BCUT2D eigenvalue weighted by atomic mass is 16.5. The molecule has 0 unspecified atom stereocenters. The maximum Gasteiger partial charge on any atom is 0.330 e. The van der Waals surface area contributed by atoms with E-state index in [1.54, 1.807) is 6.08 Å². The summed E-state index contributed by atoms with van der Waals surface area (Å²) in [6, 6.07) is 0. The molecule has 0 aliphatic heterocycles. The molecule has 0 rings (SSSR count). The normalized spacial score (nSPS) is 11.9. The predicted molar refractivity (Wildman–Crippen MR) is 110 cm³/mol. The van der Waals surface area contributed by atoms with Gasteiger partial charge in [-0.1, -0.05) is 114 Å². The lowest BCUT2D eigenvalue weighted by atomic mass is 10.0.